The molecule has 0 aromatic rings. The van der Waals surface area contributed by atoms with E-state index >= 15 is 0 Å². The van der Waals surface area contributed by atoms with Crippen molar-refractivity contribution >= 4 is 29.2 Å². The average Bonchev–Trinajstić information content (AvgIpc) is 1.66. The van der Waals surface area contributed by atoms with Gasteiger partial charge in [0.2, 0.25) is 0 Å². The molecule has 3 nitrogen and oxygen atoms in total. The number of hydrogen-bond donors (Lipinski definition) is 1. The molecule has 56 valence electrons. The van der Waals surface area contributed by atoms with Crippen molar-refractivity contribution < 1.29 is 14.6 Å². The molecule has 0 atom stereocenters. The zero-order valence-electron chi connectivity index (χ0n) is 4.93. The number of carbonyl (C=O) groups is 1. The number of ether oxygens (including phenoxy) is 1. The first-order valence-corrected chi connectivity index (χ1v) is 3.11. The zero-order chi connectivity index (χ0) is 7.70. The van der Waals surface area contributed by atoms with Crippen molar-refractivity contribution in [3.8, 4) is 0 Å². The van der Waals surface area contributed by atoms with E-state index in [4.69, 9.17) is 33.1 Å². The predicted molar refractivity (Wildman–Crippen MR) is 35.8 cm³/mol. The van der Waals surface area contributed by atoms with Gasteiger partial charge in [0, 0.05) is 6.92 Å². The van der Waals surface area contributed by atoms with Gasteiger partial charge in [0.1, 0.15) is 12.1 Å². The Morgan fingerprint density at radius 2 is 1.78 bits per heavy atom. The lowest BCUT2D eigenvalue weighted by Crippen LogP contribution is -1.78. The largest absolute Gasteiger partial charge is 0.481 e. The monoisotopic (exact) mass is 174 g/mol. The van der Waals surface area contributed by atoms with Crippen molar-refractivity contribution in [3.05, 3.63) is 0 Å². The Balaban J connectivity index is 0. The summed E-state index contributed by atoms with van der Waals surface area (Å²) in [4.78, 5) is 9.00. The highest BCUT2D eigenvalue weighted by Crippen LogP contribution is 1.79. The van der Waals surface area contributed by atoms with Gasteiger partial charge in [-0.25, -0.2) is 0 Å². The summed E-state index contributed by atoms with van der Waals surface area (Å²) in [5, 5.41) is 7.42. The molecule has 0 unspecified atom stereocenters. The van der Waals surface area contributed by atoms with E-state index < -0.39 is 5.97 Å². The van der Waals surface area contributed by atoms with E-state index in [1.54, 1.807) is 0 Å². The maximum Gasteiger partial charge on any atom is 0.300 e. The summed E-state index contributed by atoms with van der Waals surface area (Å²) in [6.07, 6.45) is 0. The fraction of sp³-hybridized carbons (Fsp3) is 0.750. The third-order valence-electron chi connectivity index (χ3n) is 0.154. The van der Waals surface area contributed by atoms with E-state index in [1.807, 2.05) is 0 Å². The highest BCUT2D eigenvalue weighted by molar-refractivity contribution is 6.18. The lowest BCUT2D eigenvalue weighted by molar-refractivity contribution is -0.134. The summed E-state index contributed by atoms with van der Waals surface area (Å²) in [7, 11) is 0. The number of halogens is 2. The summed E-state index contributed by atoms with van der Waals surface area (Å²) in [5.74, 6) is -0.833. The first kappa shape index (κ1) is 11.8. The molecule has 0 rings (SSSR count). The van der Waals surface area contributed by atoms with Gasteiger partial charge in [-0.05, 0) is 0 Å². The van der Waals surface area contributed by atoms with Crippen molar-refractivity contribution in [2.75, 3.05) is 12.1 Å². The van der Waals surface area contributed by atoms with E-state index in [9.17, 15) is 0 Å². The second-order valence-corrected chi connectivity index (χ2v) is 1.38. The van der Waals surface area contributed by atoms with Crippen LogP contribution in [0.1, 0.15) is 6.92 Å². The number of carboxylic acid groups (broad SMARTS) is 1. The number of carboxylic acids is 1. The molecule has 0 aliphatic carbocycles. The van der Waals surface area contributed by atoms with Crippen LogP contribution in [0.2, 0.25) is 0 Å². The van der Waals surface area contributed by atoms with Crippen LogP contribution in [0, 0.1) is 0 Å². The van der Waals surface area contributed by atoms with Crippen LogP contribution in [-0.4, -0.2) is 23.2 Å². The summed E-state index contributed by atoms with van der Waals surface area (Å²) < 4.78 is 4.36. The Hall–Kier alpha value is 0.01000. The van der Waals surface area contributed by atoms with Crippen LogP contribution >= 0.6 is 23.2 Å². The molecule has 0 radical (unpaired) electrons. The molecule has 0 amide bonds. The second-order valence-electron chi connectivity index (χ2n) is 0.941. The Bertz CT molecular complexity index is 60.8. The number of alkyl halides is 2. The smallest absolute Gasteiger partial charge is 0.300 e. The minimum Gasteiger partial charge on any atom is -0.481 e. The molecule has 0 aliphatic heterocycles. The van der Waals surface area contributed by atoms with Crippen LogP contribution in [0.4, 0.5) is 0 Å². The van der Waals surface area contributed by atoms with E-state index in [-0.39, 0.29) is 12.1 Å². The molecule has 0 bridgehead atoms. The Kier molecular flexibility index (Phi) is 14.2. The highest BCUT2D eigenvalue weighted by atomic mass is 35.5. The summed E-state index contributed by atoms with van der Waals surface area (Å²) in [6.45, 7) is 1.08. The van der Waals surface area contributed by atoms with Gasteiger partial charge < -0.3 is 9.84 Å². The van der Waals surface area contributed by atoms with Gasteiger partial charge in [-0.1, -0.05) is 23.2 Å². The van der Waals surface area contributed by atoms with Gasteiger partial charge in [0.15, 0.2) is 0 Å². The molecule has 0 aromatic carbocycles. The molecule has 9 heavy (non-hydrogen) atoms. The van der Waals surface area contributed by atoms with Crippen LogP contribution in [0.5, 0.6) is 0 Å². The van der Waals surface area contributed by atoms with Crippen molar-refractivity contribution in [1.82, 2.24) is 0 Å². The van der Waals surface area contributed by atoms with Crippen LogP contribution < -0.4 is 0 Å². The Morgan fingerprint density at radius 3 is 1.78 bits per heavy atom. The van der Waals surface area contributed by atoms with Crippen molar-refractivity contribution in [2.24, 2.45) is 0 Å². The van der Waals surface area contributed by atoms with Gasteiger partial charge in [-0.3, -0.25) is 4.79 Å². The van der Waals surface area contributed by atoms with E-state index in [1.165, 1.54) is 0 Å². The molecule has 0 saturated heterocycles. The molecular weight excluding hydrogens is 167 g/mol. The molecule has 0 fully saturated rings. The molecule has 0 saturated carbocycles. The van der Waals surface area contributed by atoms with Gasteiger partial charge in [-0.15, -0.1) is 0 Å². The molecule has 0 heterocycles. The normalized spacial score (nSPS) is 7.44. The molecule has 5 heteroatoms. The summed E-state index contributed by atoms with van der Waals surface area (Å²) in [5.41, 5.74) is 0. The minimum atomic E-state index is -0.833. The topological polar surface area (TPSA) is 46.5 Å². The number of aliphatic carboxylic acids is 1. The predicted octanol–water partition coefficient (Wildman–Crippen LogP) is 1.49. The molecule has 0 aliphatic rings. The first-order valence-electron chi connectivity index (χ1n) is 2.04. The average molecular weight is 175 g/mol. The van der Waals surface area contributed by atoms with Crippen LogP contribution in [0.15, 0.2) is 0 Å². The van der Waals surface area contributed by atoms with Crippen molar-refractivity contribution in [1.29, 1.82) is 0 Å². The van der Waals surface area contributed by atoms with Crippen LogP contribution in [0.3, 0.4) is 0 Å². The molecular formula is C4H8Cl2O3. The number of hydrogen-bond acceptors (Lipinski definition) is 2. The molecule has 0 spiro atoms. The lowest BCUT2D eigenvalue weighted by Gasteiger charge is -1.82. The standard InChI is InChI=1S/C2H4Cl2O.C2H4O2/c3-1-5-2-4;1-2(3)4/h1-2H2;1H3,(H,3,4). The second kappa shape index (κ2) is 10.9. The lowest BCUT2D eigenvalue weighted by atomic mass is 10.9. The van der Waals surface area contributed by atoms with Gasteiger partial charge in [0.25, 0.3) is 5.97 Å². The first-order chi connectivity index (χ1) is 4.15. The Labute approximate surface area is 63.5 Å². The van der Waals surface area contributed by atoms with Crippen molar-refractivity contribution in [3.63, 3.8) is 0 Å². The highest BCUT2D eigenvalue weighted by Gasteiger charge is 1.68. The fourth-order valence-electron chi connectivity index (χ4n) is 0.0292. The SMILES string of the molecule is CC(=O)O.ClCOCCl. The summed E-state index contributed by atoms with van der Waals surface area (Å²) in [6, 6.07) is 0.368. The third-order valence-corrected chi connectivity index (χ3v) is 0.463. The van der Waals surface area contributed by atoms with Crippen molar-refractivity contribution in [2.45, 2.75) is 6.92 Å². The third kappa shape index (κ3) is 71.6. The van der Waals surface area contributed by atoms with Crippen LogP contribution in [0.25, 0.3) is 0 Å². The minimum absolute atomic E-state index is 0.184. The van der Waals surface area contributed by atoms with Crippen LogP contribution in [-0.2, 0) is 9.53 Å². The van der Waals surface area contributed by atoms with Gasteiger partial charge in [0.05, 0.1) is 0 Å². The van der Waals surface area contributed by atoms with E-state index in [0.717, 1.165) is 6.92 Å². The maximum atomic E-state index is 9.00. The summed E-state index contributed by atoms with van der Waals surface area (Å²) >= 11 is 9.99. The zero-order valence-corrected chi connectivity index (χ0v) is 6.45. The Morgan fingerprint density at radius 1 is 1.56 bits per heavy atom. The fourth-order valence-corrected chi connectivity index (χ4v) is 0.262. The van der Waals surface area contributed by atoms with E-state index in [0.29, 0.717) is 0 Å². The number of rotatable bonds is 2. The molecule has 1 N–H and O–H groups in total. The quantitative estimate of drug-likeness (QED) is 0.646. The molecule has 0 aromatic heterocycles. The maximum absolute atomic E-state index is 9.00. The van der Waals surface area contributed by atoms with E-state index in [2.05, 4.69) is 4.74 Å². The van der Waals surface area contributed by atoms with Gasteiger partial charge >= 0.3 is 0 Å². The van der Waals surface area contributed by atoms with Gasteiger partial charge in [-0.2, -0.15) is 0 Å².